The summed E-state index contributed by atoms with van der Waals surface area (Å²) in [4.78, 5) is -1.77. The number of rotatable bonds is 11. The molecule has 138 valence electrons. The van der Waals surface area contributed by atoms with Gasteiger partial charge in [-0.25, -0.2) is 8.42 Å². The van der Waals surface area contributed by atoms with Crippen LogP contribution in [0.5, 0.6) is 5.75 Å². The van der Waals surface area contributed by atoms with Crippen LogP contribution in [0.4, 0.5) is 0 Å². The van der Waals surface area contributed by atoms with E-state index in [1.54, 1.807) is 0 Å². The smallest absolute Gasteiger partial charge is 0.745 e. The molecule has 0 atom stereocenters. The molecule has 0 N–H and O–H groups in total. The third-order valence-electron chi connectivity index (χ3n) is 4.13. The van der Waals surface area contributed by atoms with E-state index in [0.717, 1.165) is 62.5 Å². The fourth-order valence-corrected chi connectivity index (χ4v) is 2.77. The van der Waals surface area contributed by atoms with Gasteiger partial charge >= 0.3 is 29.6 Å². The third-order valence-corrected chi connectivity index (χ3v) is 5.42. The Kier molecular flexibility index (Phi) is 11.6. The fourth-order valence-electron chi connectivity index (χ4n) is 2.57. The second-order valence-corrected chi connectivity index (χ2v) is 8.75. The molecule has 0 fully saturated rings. The van der Waals surface area contributed by atoms with E-state index < -0.39 is 15.1 Å². The summed E-state index contributed by atoms with van der Waals surface area (Å²) in [5.74, 6) is 0.472. The Balaban J connectivity index is 0.00000576. The Morgan fingerprint density at radius 1 is 0.920 bits per heavy atom. The molecular weight excluding hydrogens is 347 g/mol. The molecule has 0 aliphatic rings. The summed E-state index contributed by atoms with van der Waals surface area (Å²) in [6.07, 6.45) is 8.71. The molecule has 6 heteroatoms. The second-order valence-electron chi connectivity index (χ2n) is 6.86. The summed E-state index contributed by atoms with van der Waals surface area (Å²) >= 11 is 0. The van der Waals surface area contributed by atoms with Crippen molar-refractivity contribution in [3.63, 3.8) is 0 Å². The maximum atomic E-state index is 11.4. The zero-order valence-electron chi connectivity index (χ0n) is 16.4. The molecule has 0 radical (unpaired) electrons. The van der Waals surface area contributed by atoms with Crippen molar-refractivity contribution in [1.29, 1.82) is 0 Å². The van der Waals surface area contributed by atoms with Gasteiger partial charge in [0.2, 0.25) is 0 Å². The van der Waals surface area contributed by atoms with E-state index in [4.69, 9.17) is 4.74 Å². The first-order chi connectivity index (χ1) is 11.2. The molecule has 1 aromatic rings. The first kappa shape index (κ1) is 24.9. The molecule has 1 aromatic carbocycles. The summed E-state index contributed by atoms with van der Waals surface area (Å²) < 4.78 is 39.7. The molecule has 0 saturated carbocycles. The predicted octanol–water partition coefficient (Wildman–Crippen LogP) is 1.82. The fraction of sp³-hybridized carbons (Fsp3) is 0.684. The Morgan fingerprint density at radius 3 is 1.72 bits per heavy atom. The molecule has 0 aliphatic carbocycles. The SMILES string of the molecule is CCCCCc1cc(CCCCC)cc(OC(C)(C)S(=O)(=O)[O-])c1.[Na+]. The monoisotopic (exact) mass is 378 g/mol. The van der Waals surface area contributed by atoms with Crippen LogP contribution in [0.25, 0.3) is 0 Å². The largest absolute Gasteiger partial charge is 1.00 e. The van der Waals surface area contributed by atoms with E-state index >= 15 is 0 Å². The van der Waals surface area contributed by atoms with Crippen LogP contribution in [0, 0.1) is 0 Å². The molecule has 0 bridgehead atoms. The van der Waals surface area contributed by atoms with Gasteiger partial charge in [0, 0.05) is 0 Å². The van der Waals surface area contributed by atoms with Crippen molar-refractivity contribution in [2.75, 3.05) is 0 Å². The number of unbranched alkanes of at least 4 members (excludes halogenated alkanes) is 4. The van der Waals surface area contributed by atoms with Crippen molar-refractivity contribution in [3.05, 3.63) is 29.3 Å². The van der Waals surface area contributed by atoms with Crippen molar-refractivity contribution in [3.8, 4) is 5.75 Å². The zero-order chi connectivity index (χ0) is 18.2. The van der Waals surface area contributed by atoms with Gasteiger partial charge in [-0.3, -0.25) is 0 Å². The molecule has 0 heterocycles. The van der Waals surface area contributed by atoms with E-state index in [2.05, 4.69) is 19.9 Å². The summed E-state index contributed by atoms with van der Waals surface area (Å²) in [5.41, 5.74) is 2.29. The van der Waals surface area contributed by atoms with Crippen LogP contribution in [-0.2, 0) is 23.0 Å². The van der Waals surface area contributed by atoms with Crippen LogP contribution in [0.15, 0.2) is 18.2 Å². The van der Waals surface area contributed by atoms with E-state index in [1.807, 2.05) is 12.1 Å². The van der Waals surface area contributed by atoms with Crippen LogP contribution < -0.4 is 34.3 Å². The number of aryl methyl sites for hydroxylation is 2. The van der Waals surface area contributed by atoms with Gasteiger partial charge in [-0.2, -0.15) is 0 Å². The molecule has 0 saturated heterocycles. The normalized spacial score (nSPS) is 11.9. The van der Waals surface area contributed by atoms with Gasteiger partial charge < -0.3 is 9.29 Å². The Bertz CT molecular complexity index is 584. The quantitative estimate of drug-likeness (QED) is 0.335. The number of hydrogen-bond acceptors (Lipinski definition) is 4. The number of benzene rings is 1. The minimum atomic E-state index is -4.54. The molecule has 0 aromatic heterocycles. The van der Waals surface area contributed by atoms with Gasteiger partial charge in [0.1, 0.15) is 15.9 Å². The Morgan fingerprint density at radius 2 is 1.36 bits per heavy atom. The van der Waals surface area contributed by atoms with Crippen LogP contribution in [0.1, 0.15) is 77.3 Å². The van der Waals surface area contributed by atoms with Gasteiger partial charge in [-0.15, -0.1) is 0 Å². The van der Waals surface area contributed by atoms with Gasteiger partial charge in [-0.1, -0.05) is 45.6 Å². The standard InChI is InChI=1S/C19H32O4S.Na/c1-5-7-9-11-16-13-17(12-10-8-6-2)15-18(14-16)23-19(3,4)24(20,21)22;/h13-15H,5-12H2,1-4H3,(H,20,21,22);/q;+1/p-1. The first-order valence-corrected chi connectivity index (χ1v) is 10.4. The Labute approximate surface area is 175 Å². The van der Waals surface area contributed by atoms with Crippen molar-refractivity contribution in [2.24, 2.45) is 0 Å². The Hall–Kier alpha value is -0.0700. The van der Waals surface area contributed by atoms with Gasteiger partial charge in [0.05, 0.1) is 0 Å². The molecule has 0 amide bonds. The van der Waals surface area contributed by atoms with Gasteiger partial charge in [0.15, 0.2) is 4.93 Å². The topological polar surface area (TPSA) is 66.4 Å². The van der Waals surface area contributed by atoms with Crippen LogP contribution >= 0.6 is 0 Å². The molecule has 25 heavy (non-hydrogen) atoms. The van der Waals surface area contributed by atoms with Crippen LogP contribution in [0.3, 0.4) is 0 Å². The average Bonchev–Trinajstić information content (AvgIpc) is 2.46. The number of hydrogen-bond donors (Lipinski definition) is 0. The summed E-state index contributed by atoms with van der Waals surface area (Å²) in [7, 11) is -4.54. The van der Waals surface area contributed by atoms with E-state index in [0.29, 0.717) is 5.75 Å². The third kappa shape index (κ3) is 8.91. The van der Waals surface area contributed by atoms with Crippen molar-refractivity contribution >= 4 is 10.1 Å². The molecule has 4 nitrogen and oxygen atoms in total. The van der Waals surface area contributed by atoms with Gasteiger partial charge in [-0.05, 0) is 62.8 Å². The predicted molar refractivity (Wildman–Crippen MR) is 97.3 cm³/mol. The van der Waals surface area contributed by atoms with Crippen LogP contribution in [0.2, 0.25) is 0 Å². The second kappa shape index (κ2) is 11.6. The van der Waals surface area contributed by atoms with E-state index in [-0.39, 0.29) is 29.6 Å². The van der Waals surface area contributed by atoms with Crippen molar-refractivity contribution in [2.45, 2.75) is 84.0 Å². The minimum Gasteiger partial charge on any atom is -0.745 e. The maximum absolute atomic E-state index is 11.4. The molecular formula is C19H31NaO4S. The van der Waals surface area contributed by atoms with Crippen molar-refractivity contribution in [1.82, 2.24) is 0 Å². The molecule has 0 aliphatic heterocycles. The maximum Gasteiger partial charge on any atom is 1.00 e. The van der Waals surface area contributed by atoms with Crippen LogP contribution in [-0.4, -0.2) is 17.9 Å². The average molecular weight is 379 g/mol. The first-order valence-electron chi connectivity index (χ1n) is 8.97. The number of ether oxygens (including phenoxy) is 1. The van der Waals surface area contributed by atoms with Gasteiger partial charge in [0.25, 0.3) is 0 Å². The summed E-state index contributed by atoms with van der Waals surface area (Å²) in [6.45, 7) is 6.93. The van der Waals surface area contributed by atoms with E-state index in [9.17, 15) is 13.0 Å². The molecule has 0 spiro atoms. The minimum absolute atomic E-state index is 0. The summed E-state index contributed by atoms with van der Waals surface area (Å²) in [6, 6.07) is 5.91. The van der Waals surface area contributed by atoms with Crippen molar-refractivity contribution < 1.29 is 47.3 Å². The molecule has 1 rings (SSSR count). The zero-order valence-corrected chi connectivity index (χ0v) is 19.2. The molecule has 0 unspecified atom stereocenters. The summed E-state index contributed by atoms with van der Waals surface area (Å²) in [5, 5.41) is 0. The van der Waals surface area contributed by atoms with E-state index in [1.165, 1.54) is 13.8 Å².